The Morgan fingerprint density at radius 3 is 3.33 bits per heavy atom. The van der Waals surface area contributed by atoms with Crippen LogP contribution in [0.2, 0.25) is 0 Å². The number of hydrogen-bond acceptors (Lipinski definition) is 3. The lowest BCUT2D eigenvalue weighted by Crippen LogP contribution is -2.18. The molecule has 2 aliphatic rings. The number of rotatable bonds is 0. The normalized spacial score (nSPS) is 39.9. The summed E-state index contributed by atoms with van der Waals surface area (Å²) < 4.78 is 0. The van der Waals surface area contributed by atoms with Crippen molar-refractivity contribution in [3.63, 3.8) is 0 Å². The van der Waals surface area contributed by atoms with Crippen molar-refractivity contribution in [3.05, 3.63) is 0 Å². The molecule has 0 aromatic rings. The fraction of sp³-hybridized carbons (Fsp3) is 0.833. The second-order valence-electron chi connectivity index (χ2n) is 2.64. The molecule has 0 unspecified atom stereocenters. The van der Waals surface area contributed by atoms with Crippen LogP contribution >= 0.6 is 0 Å². The summed E-state index contributed by atoms with van der Waals surface area (Å²) in [7, 11) is 0. The average Bonchev–Trinajstić information content (AvgIpc) is 2.35. The minimum atomic E-state index is 0.338. The van der Waals surface area contributed by atoms with E-state index in [-0.39, 0.29) is 0 Å². The zero-order valence-electron chi connectivity index (χ0n) is 5.42. The highest BCUT2D eigenvalue weighted by Crippen LogP contribution is 2.20. The summed E-state index contributed by atoms with van der Waals surface area (Å²) in [5, 5.41) is 7.15. The fourth-order valence-corrected chi connectivity index (χ4v) is 1.40. The highest BCUT2D eigenvalue weighted by atomic mass is 16.6. The molecule has 3 nitrogen and oxygen atoms in total. The molecule has 50 valence electrons. The Balaban J connectivity index is 2.16. The second kappa shape index (κ2) is 1.70. The van der Waals surface area contributed by atoms with Gasteiger partial charge >= 0.3 is 0 Å². The van der Waals surface area contributed by atoms with E-state index in [1.54, 1.807) is 0 Å². The van der Waals surface area contributed by atoms with Gasteiger partial charge in [-0.25, -0.2) is 0 Å². The van der Waals surface area contributed by atoms with Gasteiger partial charge in [0.15, 0.2) is 0 Å². The Morgan fingerprint density at radius 1 is 1.67 bits per heavy atom. The van der Waals surface area contributed by atoms with Crippen LogP contribution in [0.15, 0.2) is 5.16 Å². The van der Waals surface area contributed by atoms with Gasteiger partial charge in [-0.1, -0.05) is 5.16 Å². The zero-order valence-corrected chi connectivity index (χ0v) is 5.42. The maximum absolute atomic E-state index is 5.11. The molecule has 2 heterocycles. The highest BCUT2D eigenvalue weighted by Gasteiger charge is 2.35. The molecule has 1 fully saturated rings. The highest BCUT2D eigenvalue weighted by molar-refractivity contribution is 5.86. The first-order chi connectivity index (χ1) is 4.38. The SMILES string of the molecule is CC1=NO[C@@H]2CNC[C@H]12. The summed E-state index contributed by atoms with van der Waals surface area (Å²) in [6.45, 7) is 4.03. The summed E-state index contributed by atoms with van der Waals surface area (Å²) in [5.74, 6) is 0.560. The monoisotopic (exact) mass is 126 g/mol. The van der Waals surface area contributed by atoms with Gasteiger partial charge in [-0.15, -0.1) is 0 Å². The van der Waals surface area contributed by atoms with Gasteiger partial charge in [0, 0.05) is 13.1 Å². The lowest BCUT2D eigenvalue weighted by Gasteiger charge is -2.02. The predicted octanol–water partition coefficient (Wildman–Crippen LogP) is -0.0195. The third kappa shape index (κ3) is 0.645. The molecule has 9 heavy (non-hydrogen) atoms. The summed E-state index contributed by atoms with van der Waals surface area (Å²) in [6.07, 6.45) is 0.338. The lowest BCUT2D eigenvalue weighted by atomic mass is 10.0. The summed E-state index contributed by atoms with van der Waals surface area (Å²) in [4.78, 5) is 5.11. The number of fused-ring (bicyclic) bond motifs is 1. The summed E-state index contributed by atoms with van der Waals surface area (Å²) in [6, 6.07) is 0. The minimum absolute atomic E-state index is 0.338. The van der Waals surface area contributed by atoms with Crippen LogP contribution in [0.3, 0.4) is 0 Å². The van der Waals surface area contributed by atoms with E-state index in [4.69, 9.17) is 4.84 Å². The molecule has 0 aromatic carbocycles. The minimum Gasteiger partial charge on any atom is -0.390 e. The zero-order chi connectivity index (χ0) is 6.27. The Hall–Kier alpha value is -0.570. The molecule has 1 N–H and O–H groups in total. The van der Waals surface area contributed by atoms with E-state index in [9.17, 15) is 0 Å². The van der Waals surface area contributed by atoms with Gasteiger partial charge in [-0.3, -0.25) is 0 Å². The molecular weight excluding hydrogens is 116 g/mol. The van der Waals surface area contributed by atoms with E-state index in [0.29, 0.717) is 12.0 Å². The first-order valence-corrected chi connectivity index (χ1v) is 3.29. The van der Waals surface area contributed by atoms with E-state index in [1.807, 2.05) is 6.92 Å². The Bertz CT molecular complexity index is 155. The molecule has 0 spiro atoms. The van der Waals surface area contributed by atoms with Gasteiger partial charge in [-0.2, -0.15) is 0 Å². The van der Waals surface area contributed by atoms with E-state index in [0.717, 1.165) is 18.8 Å². The maximum Gasteiger partial charge on any atom is 0.149 e. The maximum atomic E-state index is 5.11. The Kier molecular flexibility index (Phi) is 0.990. The van der Waals surface area contributed by atoms with Crippen molar-refractivity contribution in [3.8, 4) is 0 Å². The largest absolute Gasteiger partial charge is 0.390 e. The van der Waals surface area contributed by atoms with E-state index >= 15 is 0 Å². The number of nitrogens with zero attached hydrogens (tertiary/aromatic N) is 1. The van der Waals surface area contributed by atoms with Crippen LogP contribution in [-0.4, -0.2) is 24.9 Å². The van der Waals surface area contributed by atoms with Crippen molar-refractivity contribution in [2.24, 2.45) is 11.1 Å². The molecule has 0 radical (unpaired) electrons. The van der Waals surface area contributed by atoms with Gasteiger partial charge < -0.3 is 10.2 Å². The molecular formula is C6H10N2O. The molecule has 2 aliphatic heterocycles. The molecule has 0 bridgehead atoms. The summed E-state index contributed by atoms with van der Waals surface area (Å²) in [5.41, 5.74) is 1.14. The van der Waals surface area contributed by atoms with Crippen LogP contribution in [0.5, 0.6) is 0 Å². The number of oxime groups is 1. The van der Waals surface area contributed by atoms with E-state index in [2.05, 4.69) is 10.5 Å². The van der Waals surface area contributed by atoms with Crippen molar-refractivity contribution in [2.45, 2.75) is 13.0 Å². The Morgan fingerprint density at radius 2 is 2.56 bits per heavy atom. The van der Waals surface area contributed by atoms with Gasteiger partial charge in [0.25, 0.3) is 0 Å². The lowest BCUT2D eigenvalue weighted by molar-refractivity contribution is 0.0841. The van der Waals surface area contributed by atoms with E-state index < -0.39 is 0 Å². The van der Waals surface area contributed by atoms with Crippen molar-refractivity contribution >= 4 is 5.71 Å². The summed E-state index contributed by atoms with van der Waals surface area (Å²) >= 11 is 0. The van der Waals surface area contributed by atoms with Crippen LogP contribution in [0.25, 0.3) is 0 Å². The van der Waals surface area contributed by atoms with E-state index in [1.165, 1.54) is 0 Å². The number of nitrogens with one attached hydrogen (secondary N) is 1. The average molecular weight is 126 g/mol. The second-order valence-corrected chi connectivity index (χ2v) is 2.64. The first-order valence-electron chi connectivity index (χ1n) is 3.29. The first kappa shape index (κ1) is 5.23. The van der Waals surface area contributed by atoms with Gasteiger partial charge in [0.2, 0.25) is 0 Å². The van der Waals surface area contributed by atoms with Crippen LogP contribution in [-0.2, 0) is 4.84 Å². The fourth-order valence-electron chi connectivity index (χ4n) is 1.40. The smallest absolute Gasteiger partial charge is 0.149 e. The van der Waals surface area contributed by atoms with Crippen molar-refractivity contribution in [1.29, 1.82) is 0 Å². The quantitative estimate of drug-likeness (QED) is 0.495. The van der Waals surface area contributed by atoms with Crippen LogP contribution in [0.1, 0.15) is 6.92 Å². The molecule has 2 rings (SSSR count). The topological polar surface area (TPSA) is 33.6 Å². The van der Waals surface area contributed by atoms with Crippen LogP contribution in [0.4, 0.5) is 0 Å². The molecule has 0 amide bonds. The molecule has 2 atom stereocenters. The molecule has 0 aliphatic carbocycles. The van der Waals surface area contributed by atoms with Gasteiger partial charge in [0.1, 0.15) is 6.10 Å². The molecule has 3 heteroatoms. The molecule has 1 saturated heterocycles. The predicted molar refractivity (Wildman–Crippen MR) is 34.3 cm³/mol. The van der Waals surface area contributed by atoms with Crippen LogP contribution in [0, 0.1) is 5.92 Å². The third-order valence-corrected chi connectivity index (χ3v) is 2.03. The molecule has 0 aromatic heterocycles. The molecule has 0 saturated carbocycles. The Labute approximate surface area is 54.1 Å². The van der Waals surface area contributed by atoms with Crippen molar-refractivity contribution in [1.82, 2.24) is 5.32 Å². The third-order valence-electron chi connectivity index (χ3n) is 2.03. The van der Waals surface area contributed by atoms with Crippen molar-refractivity contribution in [2.75, 3.05) is 13.1 Å². The van der Waals surface area contributed by atoms with Gasteiger partial charge in [0.05, 0.1) is 11.6 Å². The standard InChI is InChI=1S/C6H10N2O/c1-4-5-2-7-3-6(5)9-8-4/h5-7H,2-3H2,1H3/t5-,6-/m1/s1. The van der Waals surface area contributed by atoms with Gasteiger partial charge in [-0.05, 0) is 6.92 Å². The van der Waals surface area contributed by atoms with Crippen LogP contribution < -0.4 is 5.32 Å². The number of hydrogen-bond donors (Lipinski definition) is 1. The van der Waals surface area contributed by atoms with Crippen molar-refractivity contribution < 1.29 is 4.84 Å².